The van der Waals surface area contributed by atoms with E-state index in [1.165, 1.54) is 13.8 Å². The quantitative estimate of drug-likeness (QED) is 0.393. The van der Waals surface area contributed by atoms with Gasteiger partial charge in [0.2, 0.25) is 5.91 Å². The number of hydrogen-bond donors (Lipinski definition) is 2. The minimum atomic E-state index is -1.16. The zero-order valence-corrected chi connectivity index (χ0v) is 15.8. The van der Waals surface area contributed by atoms with Crippen LogP contribution in [0, 0.1) is 0 Å². The van der Waals surface area contributed by atoms with Gasteiger partial charge < -0.3 is 29.4 Å². The Bertz CT molecular complexity index is 536. The smallest absolute Gasteiger partial charge is 0.331 e. The minimum absolute atomic E-state index is 0.0205. The molecular formula is C17H27NO9. The average Bonchev–Trinajstić information content (AvgIpc) is 2.57. The first-order valence-corrected chi connectivity index (χ1v) is 8.78. The molecule has 1 amide bonds. The molecule has 4 atom stereocenters. The van der Waals surface area contributed by atoms with Gasteiger partial charge in [-0.3, -0.25) is 14.4 Å². The molecule has 1 rings (SSSR count). The topological polar surface area (TPSA) is 137 Å². The molecule has 1 fully saturated rings. The van der Waals surface area contributed by atoms with E-state index in [2.05, 4.69) is 5.32 Å². The first-order chi connectivity index (χ1) is 12.7. The summed E-state index contributed by atoms with van der Waals surface area (Å²) in [7, 11) is 0. The molecular weight excluding hydrogens is 362 g/mol. The van der Waals surface area contributed by atoms with Gasteiger partial charge in [0.05, 0.1) is 31.8 Å². The van der Waals surface area contributed by atoms with Gasteiger partial charge in [-0.2, -0.15) is 0 Å². The number of aliphatic hydroxyl groups excluding tert-OH is 1. The summed E-state index contributed by atoms with van der Waals surface area (Å²) in [6.07, 6.45) is -1.11. The summed E-state index contributed by atoms with van der Waals surface area (Å²) in [5, 5.41) is 11.6. The van der Waals surface area contributed by atoms with Crippen LogP contribution < -0.4 is 5.32 Å². The van der Waals surface area contributed by atoms with E-state index in [-0.39, 0.29) is 26.1 Å². The molecule has 10 nitrogen and oxygen atoms in total. The Hall–Kier alpha value is -2.20. The summed E-state index contributed by atoms with van der Waals surface area (Å²) in [4.78, 5) is 46.0. The maximum absolute atomic E-state index is 12.2. The van der Waals surface area contributed by atoms with Gasteiger partial charge in [-0.25, -0.2) is 4.79 Å². The fraction of sp³-hybridized carbons (Fsp3) is 0.765. The van der Waals surface area contributed by atoms with Crippen LogP contribution in [0.2, 0.25) is 0 Å². The highest BCUT2D eigenvalue weighted by molar-refractivity contribution is 5.84. The molecule has 0 spiro atoms. The standard InChI is InChI=1S/C17H27NO9/c1-4-24-17(23)15(8-19)18-16(22)7-13-5-12(26-11(3)21)6-14(27-13)9-25-10(2)20/h12-15,19H,4-9H2,1-3H3,(H,18,22). The van der Waals surface area contributed by atoms with Crippen LogP contribution in [0.3, 0.4) is 0 Å². The van der Waals surface area contributed by atoms with Gasteiger partial charge in [0.25, 0.3) is 0 Å². The van der Waals surface area contributed by atoms with Crippen molar-refractivity contribution in [3.63, 3.8) is 0 Å². The molecule has 0 aromatic heterocycles. The fourth-order valence-electron chi connectivity index (χ4n) is 2.73. The van der Waals surface area contributed by atoms with Crippen LogP contribution in [0.4, 0.5) is 0 Å². The van der Waals surface area contributed by atoms with E-state index in [1.807, 2.05) is 0 Å². The Morgan fingerprint density at radius 3 is 2.33 bits per heavy atom. The predicted molar refractivity (Wildman–Crippen MR) is 90.3 cm³/mol. The van der Waals surface area contributed by atoms with E-state index in [9.17, 15) is 24.3 Å². The van der Waals surface area contributed by atoms with Crippen LogP contribution >= 0.6 is 0 Å². The van der Waals surface area contributed by atoms with Crippen molar-refractivity contribution in [2.24, 2.45) is 0 Å². The molecule has 0 saturated carbocycles. The van der Waals surface area contributed by atoms with E-state index in [4.69, 9.17) is 18.9 Å². The first kappa shape index (κ1) is 22.8. The van der Waals surface area contributed by atoms with Crippen molar-refractivity contribution in [2.45, 2.75) is 64.4 Å². The van der Waals surface area contributed by atoms with Gasteiger partial charge in [-0.15, -0.1) is 0 Å². The van der Waals surface area contributed by atoms with Crippen LogP contribution in [0.15, 0.2) is 0 Å². The zero-order chi connectivity index (χ0) is 20.4. The number of nitrogens with one attached hydrogen (secondary N) is 1. The van der Waals surface area contributed by atoms with Crippen molar-refractivity contribution in [3.05, 3.63) is 0 Å². The van der Waals surface area contributed by atoms with Crippen molar-refractivity contribution in [2.75, 3.05) is 19.8 Å². The van der Waals surface area contributed by atoms with Gasteiger partial charge >= 0.3 is 17.9 Å². The Morgan fingerprint density at radius 2 is 1.78 bits per heavy atom. The van der Waals surface area contributed by atoms with Crippen LogP contribution in [0.1, 0.15) is 40.0 Å². The second-order valence-electron chi connectivity index (χ2n) is 6.14. The lowest BCUT2D eigenvalue weighted by Crippen LogP contribution is -2.47. The molecule has 0 radical (unpaired) electrons. The maximum Gasteiger partial charge on any atom is 0.331 e. The third-order valence-corrected chi connectivity index (χ3v) is 3.74. The molecule has 0 aromatic rings. The number of hydrogen-bond acceptors (Lipinski definition) is 9. The second-order valence-corrected chi connectivity index (χ2v) is 6.14. The Kier molecular flexibility index (Phi) is 9.73. The second kappa shape index (κ2) is 11.5. The molecule has 154 valence electrons. The van der Waals surface area contributed by atoms with Crippen molar-refractivity contribution in [3.8, 4) is 0 Å². The molecule has 2 N–H and O–H groups in total. The number of rotatable bonds is 9. The third kappa shape index (κ3) is 8.83. The SMILES string of the molecule is CCOC(=O)C(CO)NC(=O)CC1CC(OC(C)=O)CC(COC(C)=O)O1. The van der Waals surface area contributed by atoms with Crippen LogP contribution in [0.5, 0.6) is 0 Å². The fourth-order valence-corrected chi connectivity index (χ4v) is 2.73. The van der Waals surface area contributed by atoms with Gasteiger partial charge in [-0.05, 0) is 6.92 Å². The van der Waals surface area contributed by atoms with E-state index < -0.39 is 54.8 Å². The molecule has 10 heteroatoms. The Labute approximate surface area is 157 Å². The van der Waals surface area contributed by atoms with Crippen LogP contribution in [0.25, 0.3) is 0 Å². The summed E-state index contributed by atoms with van der Waals surface area (Å²) >= 11 is 0. The third-order valence-electron chi connectivity index (χ3n) is 3.74. The normalized spacial score (nSPS) is 23.0. The van der Waals surface area contributed by atoms with E-state index in [0.717, 1.165) is 0 Å². The lowest BCUT2D eigenvalue weighted by Gasteiger charge is -2.34. The lowest BCUT2D eigenvalue weighted by molar-refractivity contribution is -0.170. The maximum atomic E-state index is 12.2. The monoisotopic (exact) mass is 389 g/mol. The predicted octanol–water partition coefficient (Wildman–Crippen LogP) is -0.541. The number of amides is 1. The highest BCUT2D eigenvalue weighted by Crippen LogP contribution is 2.24. The summed E-state index contributed by atoms with van der Waals surface area (Å²) in [6, 6.07) is -1.16. The summed E-state index contributed by atoms with van der Waals surface area (Å²) in [5.41, 5.74) is 0. The van der Waals surface area contributed by atoms with Gasteiger partial charge in [0.15, 0.2) is 6.04 Å². The van der Waals surface area contributed by atoms with Crippen LogP contribution in [-0.4, -0.2) is 73.1 Å². The number of ether oxygens (including phenoxy) is 4. The number of carbonyl (C=O) groups is 4. The van der Waals surface area contributed by atoms with Crippen LogP contribution in [-0.2, 0) is 38.1 Å². The molecule has 4 unspecified atom stereocenters. The molecule has 1 aliphatic rings. The zero-order valence-electron chi connectivity index (χ0n) is 15.8. The molecule has 1 heterocycles. The average molecular weight is 389 g/mol. The van der Waals surface area contributed by atoms with Gasteiger partial charge in [0.1, 0.15) is 12.7 Å². The Morgan fingerprint density at radius 1 is 1.11 bits per heavy atom. The van der Waals surface area contributed by atoms with Crippen molar-refractivity contribution in [1.82, 2.24) is 5.32 Å². The number of esters is 3. The summed E-state index contributed by atoms with van der Waals surface area (Å²) < 4.78 is 20.6. The largest absolute Gasteiger partial charge is 0.464 e. The van der Waals surface area contributed by atoms with E-state index in [1.54, 1.807) is 6.92 Å². The van der Waals surface area contributed by atoms with E-state index >= 15 is 0 Å². The lowest BCUT2D eigenvalue weighted by atomic mass is 9.98. The van der Waals surface area contributed by atoms with Crippen molar-refractivity contribution < 1.29 is 43.2 Å². The number of aliphatic hydroxyl groups is 1. The molecule has 1 aliphatic heterocycles. The highest BCUT2D eigenvalue weighted by atomic mass is 16.6. The highest BCUT2D eigenvalue weighted by Gasteiger charge is 2.34. The molecule has 1 saturated heterocycles. The van der Waals surface area contributed by atoms with Gasteiger partial charge in [-0.1, -0.05) is 0 Å². The molecule has 0 aliphatic carbocycles. The minimum Gasteiger partial charge on any atom is -0.464 e. The summed E-state index contributed by atoms with van der Waals surface area (Å²) in [5.74, 6) is -2.19. The molecule has 27 heavy (non-hydrogen) atoms. The van der Waals surface area contributed by atoms with Crippen molar-refractivity contribution in [1.29, 1.82) is 0 Å². The Balaban J connectivity index is 2.65. The first-order valence-electron chi connectivity index (χ1n) is 8.78. The molecule has 0 bridgehead atoms. The van der Waals surface area contributed by atoms with Gasteiger partial charge in [0, 0.05) is 26.7 Å². The number of carbonyl (C=O) groups excluding carboxylic acids is 4. The summed E-state index contributed by atoms with van der Waals surface area (Å²) in [6.45, 7) is 3.67. The van der Waals surface area contributed by atoms with Crippen molar-refractivity contribution >= 4 is 23.8 Å². The molecule has 0 aromatic carbocycles. The van der Waals surface area contributed by atoms with E-state index in [0.29, 0.717) is 6.42 Å².